The second kappa shape index (κ2) is 10.3. The molecule has 1 aliphatic heterocycles. The van der Waals surface area contributed by atoms with E-state index in [4.69, 9.17) is 11.1 Å². The van der Waals surface area contributed by atoms with E-state index in [-0.39, 0.29) is 32.0 Å². The standard InChI is InChI=1S/C22H25N5O5S/c23-21(24)18-6-8-19(9-7-18)27(16-20(28)29)22(30)25-11-13-26(14-12-25)33(31,32)15-10-17-4-2-1-3-5-17/h1-10,15H,11-14,16H2,(H3,23,24)(H,28,29). The molecule has 1 fully saturated rings. The Labute approximate surface area is 192 Å². The van der Waals surface area contributed by atoms with Gasteiger partial charge in [0.05, 0.1) is 0 Å². The van der Waals surface area contributed by atoms with Crippen LogP contribution < -0.4 is 10.6 Å². The van der Waals surface area contributed by atoms with Crippen LogP contribution in [0.3, 0.4) is 0 Å². The van der Waals surface area contributed by atoms with E-state index in [2.05, 4.69) is 0 Å². The van der Waals surface area contributed by atoms with Gasteiger partial charge in [0.2, 0.25) is 10.0 Å². The van der Waals surface area contributed by atoms with Gasteiger partial charge in [0.25, 0.3) is 0 Å². The summed E-state index contributed by atoms with van der Waals surface area (Å²) in [6.07, 6.45) is 1.52. The van der Waals surface area contributed by atoms with E-state index in [1.165, 1.54) is 39.5 Å². The molecular formula is C22H25N5O5S. The number of amides is 2. The Morgan fingerprint density at radius 2 is 1.64 bits per heavy atom. The Balaban J connectivity index is 1.68. The highest BCUT2D eigenvalue weighted by molar-refractivity contribution is 7.92. The molecule has 0 saturated carbocycles. The molecule has 3 rings (SSSR count). The summed E-state index contributed by atoms with van der Waals surface area (Å²) in [5.41, 5.74) is 6.99. The molecule has 0 bridgehead atoms. The molecular weight excluding hydrogens is 446 g/mol. The summed E-state index contributed by atoms with van der Waals surface area (Å²) in [6, 6.07) is 14.6. The third kappa shape index (κ3) is 6.18. The molecule has 0 aromatic heterocycles. The Bertz CT molecular complexity index is 1140. The minimum absolute atomic E-state index is 0.0946. The minimum atomic E-state index is -3.66. The molecule has 10 nitrogen and oxygen atoms in total. The first kappa shape index (κ1) is 24.0. The van der Waals surface area contributed by atoms with Crippen molar-refractivity contribution in [1.82, 2.24) is 9.21 Å². The van der Waals surface area contributed by atoms with Crippen molar-refractivity contribution in [3.63, 3.8) is 0 Å². The monoisotopic (exact) mass is 471 g/mol. The molecule has 11 heteroatoms. The number of rotatable bonds is 7. The van der Waals surface area contributed by atoms with Crippen LogP contribution in [0.2, 0.25) is 0 Å². The summed E-state index contributed by atoms with van der Waals surface area (Å²) in [7, 11) is -3.66. The number of urea groups is 1. The van der Waals surface area contributed by atoms with E-state index in [1.807, 2.05) is 18.2 Å². The number of hydrogen-bond donors (Lipinski definition) is 3. The molecule has 1 saturated heterocycles. The predicted octanol–water partition coefficient (Wildman–Crippen LogP) is 1.60. The minimum Gasteiger partial charge on any atom is -0.480 e. The maximum atomic E-state index is 13.1. The Morgan fingerprint density at radius 1 is 1.03 bits per heavy atom. The summed E-state index contributed by atoms with van der Waals surface area (Å²) < 4.78 is 26.6. The van der Waals surface area contributed by atoms with Crippen LogP contribution in [-0.4, -0.2) is 73.3 Å². The number of benzene rings is 2. The number of nitrogen functional groups attached to an aromatic ring is 1. The number of nitrogens with one attached hydrogen (secondary N) is 1. The second-order valence-corrected chi connectivity index (χ2v) is 9.19. The molecule has 2 aromatic rings. The van der Waals surface area contributed by atoms with Gasteiger partial charge in [0, 0.05) is 42.8 Å². The average molecular weight is 472 g/mol. The molecule has 0 spiro atoms. The predicted molar refractivity (Wildman–Crippen MR) is 125 cm³/mol. The SMILES string of the molecule is N=C(N)c1ccc(N(CC(=O)O)C(=O)N2CCN(S(=O)(=O)C=Cc3ccccc3)CC2)cc1. The van der Waals surface area contributed by atoms with Gasteiger partial charge in [-0.25, -0.2) is 13.2 Å². The number of carboxylic acid groups (broad SMARTS) is 1. The number of sulfonamides is 1. The van der Waals surface area contributed by atoms with Crippen molar-refractivity contribution < 1.29 is 23.1 Å². The Kier molecular flexibility index (Phi) is 7.46. The van der Waals surface area contributed by atoms with Crippen molar-refractivity contribution in [3.05, 3.63) is 71.1 Å². The van der Waals surface area contributed by atoms with Gasteiger partial charge >= 0.3 is 12.0 Å². The highest BCUT2D eigenvalue weighted by Gasteiger charge is 2.31. The van der Waals surface area contributed by atoms with Crippen LogP contribution in [-0.2, 0) is 14.8 Å². The highest BCUT2D eigenvalue weighted by Crippen LogP contribution is 2.19. The lowest BCUT2D eigenvalue weighted by atomic mass is 10.2. The van der Waals surface area contributed by atoms with E-state index >= 15 is 0 Å². The number of aliphatic carboxylic acids is 1. The van der Waals surface area contributed by atoms with Crippen LogP contribution in [0.25, 0.3) is 6.08 Å². The first-order chi connectivity index (χ1) is 15.7. The number of piperazine rings is 1. The molecule has 0 unspecified atom stereocenters. The zero-order valence-corrected chi connectivity index (χ0v) is 18.6. The Morgan fingerprint density at radius 3 is 2.18 bits per heavy atom. The van der Waals surface area contributed by atoms with E-state index < -0.39 is 28.6 Å². The normalized spacial score (nSPS) is 14.8. The molecule has 2 amide bonds. The molecule has 174 valence electrons. The lowest BCUT2D eigenvalue weighted by Gasteiger charge is -2.36. The fourth-order valence-electron chi connectivity index (χ4n) is 3.34. The van der Waals surface area contributed by atoms with Crippen molar-refractivity contribution in [2.45, 2.75) is 0 Å². The number of anilines is 1. The van der Waals surface area contributed by atoms with Gasteiger partial charge in [0.1, 0.15) is 12.4 Å². The van der Waals surface area contributed by atoms with Crippen LogP contribution in [0.4, 0.5) is 10.5 Å². The fraction of sp³-hybridized carbons (Fsp3) is 0.227. The van der Waals surface area contributed by atoms with Crippen LogP contribution >= 0.6 is 0 Å². The van der Waals surface area contributed by atoms with Crippen molar-refractivity contribution in [1.29, 1.82) is 5.41 Å². The molecule has 4 N–H and O–H groups in total. The van der Waals surface area contributed by atoms with Crippen molar-refractivity contribution in [2.24, 2.45) is 5.73 Å². The lowest BCUT2D eigenvalue weighted by Crippen LogP contribution is -2.54. The average Bonchev–Trinajstić information content (AvgIpc) is 2.81. The maximum absolute atomic E-state index is 13.1. The molecule has 1 heterocycles. The quantitative estimate of drug-likeness (QED) is 0.413. The molecule has 0 atom stereocenters. The third-order valence-electron chi connectivity index (χ3n) is 5.12. The first-order valence-corrected chi connectivity index (χ1v) is 11.6. The van der Waals surface area contributed by atoms with Crippen molar-refractivity contribution in [3.8, 4) is 0 Å². The number of carboxylic acids is 1. The van der Waals surface area contributed by atoms with Crippen LogP contribution in [0.5, 0.6) is 0 Å². The van der Waals surface area contributed by atoms with Gasteiger partial charge in [-0.05, 0) is 35.9 Å². The maximum Gasteiger partial charge on any atom is 0.325 e. The first-order valence-electron chi connectivity index (χ1n) is 10.1. The second-order valence-electron chi connectivity index (χ2n) is 7.37. The zero-order chi connectivity index (χ0) is 24.0. The number of hydrogen-bond acceptors (Lipinski definition) is 5. The summed E-state index contributed by atoms with van der Waals surface area (Å²) in [4.78, 5) is 26.9. The van der Waals surface area contributed by atoms with Gasteiger partial charge in [-0.1, -0.05) is 30.3 Å². The zero-order valence-electron chi connectivity index (χ0n) is 17.8. The molecule has 1 aliphatic rings. The third-order valence-corrected chi connectivity index (χ3v) is 6.68. The molecule has 0 aliphatic carbocycles. The van der Waals surface area contributed by atoms with Gasteiger partial charge < -0.3 is 15.7 Å². The number of carbonyl (C=O) groups excluding carboxylic acids is 1. The summed E-state index contributed by atoms with van der Waals surface area (Å²) in [5.74, 6) is -1.33. The van der Waals surface area contributed by atoms with Gasteiger partial charge in [-0.15, -0.1) is 0 Å². The van der Waals surface area contributed by atoms with Crippen LogP contribution in [0.15, 0.2) is 60.0 Å². The van der Waals surface area contributed by atoms with Gasteiger partial charge in [0.15, 0.2) is 0 Å². The topological polar surface area (TPSA) is 148 Å². The van der Waals surface area contributed by atoms with Crippen molar-refractivity contribution in [2.75, 3.05) is 37.6 Å². The number of carbonyl (C=O) groups is 2. The van der Waals surface area contributed by atoms with E-state index in [0.717, 1.165) is 15.9 Å². The van der Waals surface area contributed by atoms with E-state index in [9.17, 15) is 23.1 Å². The lowest BCUT2D eigenvalue weighted by molar-refractivity contribution is -0.135. The molecule has 2 aromatic carbocycles. The fourth-order valence-corrected chi connectivity index (χ4v) is 4.52. The Hall–Kier alpha value is -3.70. The summed E-state index contributed by atoms with van der Waals surface area (Å²) >= 11 is 0. The van der Waals surface area contributed by atoms with Crippen LogP contribution in [0.1, 0.15) is 11.1 Å². The van der Waals surface area contributed by atoms with Gasteiger partial charge in [-0.2, -0.15) is 4.31 Å². The smallest absolute Gasteiger partial charge is 0.325 e. The van der Waals surface area contributed by atoms with Gasteiger partial charge in [-0.3, -0.25) is 15.1 Å². The number of nitrogens with zero attached hydrogens (tertiary/aromatic N) is 3. The largest absolute Gasteiger partial charge is 0.480 e. The van der Waals surface area contributed by atoms with Crippen LogP contribution in [0, 0.1) is 5.41 Å². The number of nitrogens with two attached hydrogens (primary N) is 1. The molecule has 33 heavy (non-hydrogen) atoms. The summed E-state index contributed by atoms with van der Waals surface area (Å²) in [6.45, 7) is -0.122. The number of amidine groups is 1. The molecule has 0 radical (unpaired) electrons. The highest BCUT2D eigenvalue weighted by atomic mass is 32.2. The van der Waals surface area contributed by atoms with Crippen molar-refractivity contribution >= 4 is 39.6 Å². The summed E-state index contributed by atoms with van der Waals surface area (Å²) in [5, 5.41) is 17.9. The van der Waals surface area contributed by atoms with E-state index in [0.29, 0.717) is 11.3 Å². The van der Waals surface area contributed by atoms with E-state index in [1.54, 1.807) is 12.1 Å².